The molecular formula is C12H18N2O2. The zero-order valence-electron chi connectivity index (χ0n) is 10.2. The van der Waals surface area contributed by atoms with Crippen LogP contribution in [0.15, 0.2) is 21.7 Å². The molecule has 0 saturated carbocycles. The Bertz CT molecular complexity index is 391. The van der Waals surface area contributed by atoms with E-state index in [1.165, 1.54) is 0 Å². The van der Waals surface area contributed by atoms with E-state index in [0.717, 1.165) is 12.1 Å². The zero-order chi connectivity index (χ0) is 12.1. The lowest BCUT2D eigenvalue weighted by atomic mass is 10.1. The Morgan fingerprint density at radius 1 is 1.50 bits per heavy atom. The van der Waals surface area contributed by atoms with Crippen LogP contribution in [0, 0.1) is 12.8 Å². The number of nitrogens with zero attached hydrogens (tertiary/aromatic N) is 1. The number of hydrogen-bond acceptors (Lipinski definition) is 3. The van der Waals surface area contributed by atoms with Gasteiger partial charge in [-0.05, 0) is 38.3 Å². The molecule has 4 nitrogen and oxygen atoms in total. The summed E-state index contributed by atoms with van der Waals surface area (Å²) in [6.07, 6.45) is 0.872. The van der Waals surface area contributed by atoms with Gasteiger partial charge < -0.3 is 4.42 Å². The number of hydrogen-bond donors (Lipinski definition) is 1. The number of furan rings is 1. The van der Waals surface area contributed by atoms with E-state index in [2.05, 4.69) is 24.4 Å². The molecule has 0 atom stereocenters. The third-order valence-corrected chi connectivity index (χ3v) is 2.02. The third-order valence-electron chi connectivity index (χ3n) is 2.02. The number of amides is 1. The molecule has 1 heterocycles. The van der Waals surface area contributed by atoms with Gasteiger partial charge >= 0.3 is 5.91 Å². The first-order valence-electron chi connectivity index (χ1n) is 5.39. The molecule has 0 fully saturated rings. The summed E-state index contributed by atoms with van der Waals surface area (Å²) < 4.78 is 5.18. The molecule has 1 rings (SSSR count). The van der Waals surface area contributed by atoms with E-state index in [0.29, 0.717) is 17.4 Å². The molecule has 0 aliphatic carbocycles. The molecule has 1 amide bonds. The number of rotatable bonds is 4. The molecule has 0 saturated heterocycles. The van der Waals surface area contributed by atoms with Crippen molar-refractivity contribution in [2.75, 3.05) is 0 Å². The standard InChI is InChI=1S/C12H18N2O2/c1-8(2)7-9(3)13-14-12(15)11-6-5-10(4)16-11/h5-6,8H,7H2,1-4H3,(H,14,15)/b13-9+. The topological polar surface area (TPSA) is 54.6 Å². The summed E-state index contributed by atoms with van der Waals surface area (Å²) in [6, 6.07) is 3.39. The highest BCUT2D eigenvalue weighted by Crippen LogP contribution is 2.06. The van der Waals surface area contributed by atoms with Gasteiger partial charge in [0, 0.05) is 5.71 Å². The van der Waals surface area contributed by atoms with E-state index in [-0.39, 0.29) is 5.91 Å². The van der Waals surface area contributed by atoms with Crippen molar-refractivity contribution in [2.24, 2.45) is 11.0 Å². The Kier molecular flexibility index (Phi) is 4.28. The first-order chi connectivity index (χ1) is 7.49. The Morgan fingerprint density at radius 2 is 2.19 bits per heavy atom. The van der Waals surface area contributed by atoms with Crippen LogP contribution in [0.25, 0.3) is 0 Å². The largest absolute Gasteiger partial charge is 0.456 e. The van der Waals surface area contributed by atoms with Crippen molar-refractivity contribution in [2.45, 2.75) is 34.1 Å². The minimum absolute atomic E-state index is 0.290. The van der Waals surface area contributed by atoms with Crippen LogP contribution in [0.2, 0.25) is 0 Å². The van der Waals surface area contributed by atoms with Crippen LogP contribution in [0.4, 0.5) is 0 Å². The summed E-state index contributed by atoms with van der Waals surface area (Å²) >= 11 is 0. The molecule has 0 radical (unpaired) electrons. The SMILES string of the molecule is C/C(CC(C)C)=N\NC(=O)c1ccc(C)o1. The molecule has 0 unspecified atom stereocenters. The molecule has 4 heteroatoms. The molecule has 0 aliphatic rings. The predicted octanol–water partition coefficient (Wildman–Crippen LogP) is 2.74. The lowest BCUT2D eigenvalue weighted by Crippen LogP contribution is -2.18. The van der Waals surface area contributed by atoms with E-state index in [1.807, 2.05) is 6.92 Å². The maximum Gasteiger partial charge on any atom is 0.307 e. The van der Waals surface area contributed by atoms with Crippen LogP contribution in [0.3, 0.4) is 0 Å². The number of hydrazone groups is 1. The van der Waals surface area contributed by atoms with Crippen LogP contribution >= 0.6 is 0 Å². The fourth-order valence-corrected chi connectivity index (χ4v) is 1.39. The van der Waals surface area contributed by atoms with Crippen molar-refractivity contribution in [3.63, 3.8) is 0 Å². The molecule has 1 N–H and O–H groups in total. The summed E-state index contributed by atoms with van der Waals surface area (Å²) in [5, 5.41) is 4.01. The highest BCUT2D eigenvalue weighted by atomic mass is 16.3. The van der Waals surface area contributed by atoms with Crippen LogP contribution < -0.4 is 5.43 Å². The zero-order valence-corrected chi connectivity index (χ0v) is 10.2. The summed E-state index contributed by atoms with van der Waals surface area (Å²) in [7, 11) is 0. The summed E-state index contributed by atoms with van der Waals surface area (Å²) in [5.41, 5.74) is 3.38. The second kappa shape index (κ2) is 5.49. The molecule has 0 aliphatic heterocycles. The Balaban J connectivity index is 2.52. The van der Waals surface area contributed by atoms with Gasteiger partial charge in [0.05, 0.1) is 0 Å². The van der Waals surface area contributed by atoms with Gasteiger partial charge in [-0.25, -0.2) is 5.43 Å². The minimum Gasteiger partial charge on any atom is -0.456 e. The molecule has 1 aromatic rings. The van der Waals surface area contributed by atoms with Crippen LogP contribution in [-0.4, -0.2) is 11.6 Å². The van der Waals surface area contributed by atoms with Crippen molar-refractivity contribution in [1.82, 2.24) is 5.43 Å². The fourth-order valence-electron chi connectivity index (χ4n) is 1.39. The lowest BCUT2D eigenvalue weighted by molar-refractivity contribution is 0.0925. The van der Waals surface area contributed by atoms with E-state index < -0.39 is 0 Å². The maximum atomic E-state index is 11.5. The molecule has 16 heavy (non-hydrogen) atoms. The summed E-state index contributed by atoms with van der Waals surface area (Å²) in [4.78, 5) is 11.5. The molecule has 0 spiro atoms. The van der Waals surface area contributed by atoms with E-state index in [9.17, 15) is 4.79 Å². The number of aryl methyl sites for hydroxylation is 1. The molecule has 0 bridgehead atoms. The normalized spacial score (nSPS) is 11.9. The smallest absolute Gasteiger partial charge is 0.307 e. The lowest BCUT2D eigenvalue weighted by Gasteiger charge is -2.03. The number of nitrogens with one attached hydrogen (secondary N) is 1. The van der Waals surface area contributed by atoms with Crippen molar-refractivity contribution < 1.29 is 9.21 Å². The van der Waals surface area contributed by atoms with Crippen molar-refractivity contribution in [1.29, 1.82) is 0 Å². The van der Waals surface area contributed by atoms with Gasteiger partial charge in [0.15, 0.2) is 5.76 Å². The Hall–Kier alpha value is -1.58. The maximum absolute atomic E-state index is 11.5. The van der Waals surface area contributed by atoms with E-state index >= 15 is 0 Å². The average molecular weight is 222 g/mol. The minimum atomic E-state index is -0.309. The van der Waals surface area contributed by atoms with Crippen LogP contribution in [0.1, 0.15) is 43.5 Å². The van der Waals surface area contributed by atoms with Crippen molar-refractivity contribution in [3.8, 4) is 0 Å². The monoisotopic (exact) mass is 222 g/mol. The summed E-state index contributed by atoms with van der Waals surface area (Å²) in [6.45, 7) is 7.91. The number of carbonyl (C=O) groups is 1. The summed E-state index contributed by atoms with van der Waals surface area (Å²) in [5.74, 6) is 1.23. The van der Waals surface area contributed by atoms with Gasteiger partial charge in [0.25, 0.3) is 0 Å². The van der Waals surface area contributed by atoms with Gasteiger partial charge in [-0.15, -0.1) is 0 Å². The average Bonchev–Trinajstić information content (AvgIpc) is 2.60. The number of carbonyl (C=O) groups excluding carboxylic acids is 1. The van der Waals surface area contributed by atoms with Crippen LogP contribution in [0.5, 0.6) is 0 Å². The van der Waals surface area contributed by atoms with E-state index in [1.54, 1.807) is 19.1 Å². The van der Waals surface area contributed by atoms with Crippen molar-refractivity contribution in [3.05, 3.63) is 23.7 Å². The molecular weight excluding hydrogens is 204 g/mol. The van der Waals surface area contributed by atoms with Gasteiger partial charge in [-0.1, -0.05) is 13.8 Å². The van der Waals surface area contributed by atoms with E-state index in [4.69, 9.17) is 4.42 Å². The van der Waals surface area contributed by atoms with Crippen molar-refractivity contribution >= 4 is 11.6 Å². The van der Waals surface area contributed by atoms with Gasteiger partial charge in [-0.2, -0.15) is 5.10 Å². The Morgan fingerprint density at radius 3 is 2.69 bits per heavy atom. The predicted molar refractivity (Wildman–Crippen MR) is 63.5 cm³/mol. The first kappa shape index (κ1) is 12.5. The molecule has 88 valence electrons. The Labute approximate surface area is 95.7 Å². The molecule has 0 aromatic carbocycles. The fraction of sp³-hybridized carbons (Fsp3) is 0.500. The highest BCUT2D eigenvalue weighted by Gasteiger charge is 2.08. The second-order valence-corrected chi connectivity index (χ2v) is 4.30. The third kappa shape index (κ3) is 3.88. The first-order valence-corrected chi connectivity index (χ1v) is 5.39. The quantitative estimate of drug-likeness (QED) is 0.629. The van der Waals surface area contributed by atoms with Crippen LogP contribution in [-0.2, 0) is 0 Å². The highest BCUT2D eigenvalue weighted by molar-refractivity contribution is 5.92. The van der Waals surface area contributed by atoms with Gasteiger partial charge in [0.1, 0.15) is 5.76 Å². The van der Waals surface area contributed by atoms with Gasteiger partial charge in [-0.3, -0.25) is 4.79 Å². The second-order valence-electron chi connectivity index (χ2n) is 4.30. The molecule has 1 aromatic heterocycles. The van der Waals surface area contributed by atoms with Gasteiger partial charge in [0.2, 0.25) is 0 Å².